The van der Waals surface area contributed by atoms with Gasteiger partial charge in [0.15, 0.2) is 6.61 Å². The van der Waals surface area contributed by atoms with Gasteiger partial charge >= 0.3 is 5.97 Å². The van der Waals surface area contributed by atoms with E-state index in [9.17, 15) is 9.59 Å². The Bertz CT molecular complexity index is 590. The number of ether oxygens (including phenoxy) is 2. The molecule has 0 aliphatic carbocycles. The van der Waals surface area contributed by atoms with Crippen LogP contribution in [-0.2, 0) is 9.53 Å². The average molecular weight is 335 g/mol. The van der Waals surface area contributed by atoms with E-state index in [0.29, 0.717) is 37.0 Å². The minimum absolute atomic E-state index is 0.00461. The van der Waals surface area contributed by atoms with E-state index in [2.05, 4.69) is 0 Å². The van der Waals surface area contributed by atoms with Crippen LogP contribution >= 0.6 is 0 Å². The first-order chi connectivity index (χ1) is 11.4. The highest BCUT2D eigenvalue weighted by molar-refractivity contribution is 5.95. The monoisotopic (exact) mass is 335 g/mol. The molecule has 2 rings (SSSR count). The summed E-state index contributed by atoms with van der Waals surface area (Å²) in [5, 5.41) is 8.73. The van der Waals surface area contributed by atoms with Crippen molar-refractivity contribution in [2.24, 2.45) is 5.92 Å². The molecule has 0 radical (unpaired) electrons. The van der Waals surface area contributed by atoms with Crippen LogP contribution in [0.15, 0.2) is 12.1 Å². The van der Waals surface area contributed by atoms with Gasteiger partial charge in [0.2, 0.25) is 0 Å². The molecule has 1 aromatic rings. The number of aryl methyl sites for hydroxylation is 2. The number of carboxylic acid groups (broad SMARTS) is 1. The third-order valence-corrected chi connectivity index (χ3v) is 4.18. The zero-order valence-electron chi connectivity index (χ0n) is 14.5. The van der Waals surface area contributed by atoms with Gasteiger partial charge in [-0.05, 0) is 50.5 Å². The molecule has 6 heteroatoms. The lowest BCUT2D eigenvalue weighted by Gasteiger charge is -2.18. The van der Waals surface area contributed by atoms with Gasteiger partial charge in [0.25, 0.3) is 5.91 Å². The molecule has 1 fully saturated rings. The molecule has 132 valence electrons. The fraction of sp³-hybridized carbons (Fsp3) is 0.556. The van der Waals surface area contributed by atoms with E-state index in [1.54, 1.807) is 12.1 Å². The van der Waals surface area contributed by atoms with Crippen LogP contribution in [0.3, 0.4) is 0 Å². The number of hydrogen-bond donors (Lipinski definition) is 1. The molecular weight excluding hydrogens is 310 g/mol. The van der Waals surface area contributed by atoms with Crippen LogP contribution in [0.5, 0.6) is 5.75 Å². The molecule has 1 aliphatic heterocycles. The maximum absolute atomic E-state index is 12.7. The van der Waals surface area contributed by atoms with Crippen molar-refractivity contribution in [2.75, 3.05) is 32.9 Å². The van der Waals surface area contributed by atoms with Crippen LogP contribution in [0.4, 0.5) is 0 Å². The summed E-state index contributed by atoms with van der Waals surface area (Å²) in [6, 6.07) is 3.53. The minimum Gasteiger partial charge on any atom is -0.481 e. The van der Waals surface area contributed by atoms with Crippen molar-refractivity contribution in [3.05, 3.63) is 28.8 Å². The molecule has 1 heterocycles. The average Bonchev–Trinajstić information content (AvgIpc) is 2.99. The summed E-state index contributed by atoms with van der Waals surface area (Å²) in [6.07, 6.45) is 0.962. The van der Waals surface area contributed by atoms with Crippen molar-refractivity contribution in [3.8, 4) is 5.75 Å². The van der Waals surface area contributed by atoms with Gasteiger partial charge < -0.3 is 19.5 Å². The predicted molar refractivity (Wildman–Crippen MR) is 89.6 cm³/mol. The van der Waals surface area contributed by atoms with Crippen LogP contribution < -0.4 is 4.74 Å². The van der Waals surface area contributed by atoms with E-state index in [4.69, 9.17) is 14.6 Å². The summed E-state index contributed by atoms with van der Waals surface area (Å²) in [7, 11) is 0. The zero-order valence-corrected chi connectivity index (χ0v) is 14.5. The van der Waals surface area contributed by atoms with E-state index >= 15 is 0 Å². The Hall–Kier alpha value is -2.08. The third-order valence-electron chi connectivity index (χ3n) is 4.18. The number of likely N-dealkylation sites (tertiary alicyclic amines) is 1. The summed E-state index contributed by atoms with van der Waals surface area (Å²) in [5.74, 6) is -0.0878. The van der Waals surface area contributed by atoms with Gasteiger partial charge in [0.1, 0.15) is 5.75 Å². The summed E-state index contributed by atoms with van der Waals surface area (Å²) in [4.78, 5) is 25.2. The molecule has 1 aromatic carbocycles. The zero-order chi connectivity index (χ0) is 17.7. The molecular formula is C18H25NO5. The van der Waals surface area contributed by atoms with E-state index in [1.165, 1.54) is 0 Å². The Morgan fingerprint density at radius 1 is 1.29 bits per heavy atom. The van der Waals surface area contributed by atoms with Crippen molar-refractivity contribution >= 4 is 11.9 Å². The molecule has 1 N–H and O–H groups in total. The molecule has 6 nitrogen and oxygen atoms in total. The molecule has 0 aromatic heterocycles. The largest absolute Gasteiger partial charge is 0.481 e. The first kappa shape index (κ1) is 18.3. The fourth-order valence-corrected chi connectivity index (χ4v) is 3.06. The van der Waals surface area contributed by atoms with E-state index in [-0.39, 0.29) is 12.5 Å². The van der Waals surface area contributed by atoms with E-state index < -0.39 is 5.97 Å². The fourth-order valence-electron chi connectivity index (χ4n) is 3.06. The molecule has 1 amide bonds. The van der Waals surface area contributed by atoms with Crippen LogP contribution in [0.25, 0.3) is 0 Å². The van der Waals surface area contributed by atoms with Gasteiger partial charge in [0, 0.05) is 31.2 Å². The van der Waals surface area contributed by atoms with Gasteiger partial charge in [0.05, 0.1) is 6.61 Å². The van der Waals surface area contributed by atoms with Crippen molar-refractivity contribution in [1.82, 2.24) is 4.90 Å². The van der Waals surface area contributed by atoms with Gasteiger partial charge in [-0.15, -0.1) is 0 Å². The molecule has 0 saturated carbocycles. The summed E-state index contributed by atoms with van der Waals surface area (Å²) in [6.45, 7) is 8.07. The van der Waals surface area contributed by atoms with Crippen molar-refractivity contribution < 1.29 is 24.2 Å². The highest BCUT2D eigenvalue weighted by atomic mass is 16.5. The number of carbonyl (C=O) groups is 2. The molecule has 1 unspecified atom stereocenters. The van der Waals surface area contributed by atoms with Gasteiger partial charge in [-0.25, -0.2) is 4.79 Å². The topological polar surface area (TPSA) is 76.1 Å². The van der Waals surface area contributed by atoms with Gasteiger partial charge in [-0.3, -0.25) is 4.79 Å². The normalized spacial score (nSPS) is 17.1. The highest BCUT2D eigenvalue weighted by Crippen LogP contribution is 2.27. The van der Waals surface area contributed by atoms with Crippen molar-refractivity contribution in [1.29, 1.82) is 0 Å². The Labute approximate surface area is 142 Å². The first-order valence-electron chi connectivity index (χ1n) is 8.25. The van der Waals surface area contributed by atoms with Crippen molar-refractivity contribution in [3.63, 3.8) is 0 Å². The second kappa shape index (κ2) is 8.15. The second-order valence-corrected chi connectivity index (χ2v) is 6.19. The number of carboxylic acids is 1. The lowest BCUT2D eigenvalue weighted by Crippen LogP contribution is -2.29. The molecule has 0 bridgehead atoms. The highest BCUT2D eigenvalue weighted by Gasteiger charge is 2.27. The van der Waals surface area contributed by atoms with Crippen LogP contribution in [0.1, 0.15) is 34.8 Å². The predicted octanol–water partition coefficient (Wildman–Crippen LogP) is 2.27. The Morgan fingerprint density at radius 3 is 2.54 bits per heavy atom. The Balaban J connectivity index is 2.06. The maximum Gasteiger partial charge on any atom is 0.341 e. The first-order valence-corrected chi connectivity index (χ1v) is 8.25. The van der Waals surface area contributed by atoms with E-state index in [1.807, 2.05) is 25.7 Å². The Morgan fingerprint density at radius 2 is 1.96 bits per heavy atom. The van der Waals surface area contributed by atoms with Crippen LogP contribution in [-0.4, -0.2) is 54.8 Å². The molecule has 1 aliphatic rings. The SMILES string of the molecule is CCOCC1CCN(C(=O)c2cc(C)c(OCC(=O)O)c(C)c2)C1. The quantitative estimate of drug-likeness (QED) is 0.827. The number of amides is 1. The Kier molecular flexibility index (Phi) is 6.20. The van der Waals surface area contributed by atoms with Crippen LogP contribution in [0.2, 0.25) is 0 Å². The van der Waals surface area contributed by atoms with Crippen LogP contribution in [0, 0.1) is 19.8 Å². The molecule has 0 spiro atoms. The number of carbonyl (C=O) groups excluding carboxylic acids is 1. The summed E-state index contributed by atoms with van der Waals surface area (Å²) < 4.78 is 10.8. The number of aliphatic carboxylic acids is 1. The standard InChI is InChI=1S/C18H25NO5/c1-4-23-10-14-5-6-19(9-14)18(22)15-7-12(2)17(13(3)8-15)24-11-16(20)21/h7-8,14H,4-6,9-11H2,1-3H3,(H,20,21). The lowest BCUT2D eigenvalue weighted by molar-refractivity contribution is -0.139. The second-order valence-electron chi connectivity index (χ2n) is 6.19. The smallest absolute Gasteiger partial charge is 0.341 e. The molecule has 1 saturated heterocycles. The van der Waals surface area contributed by atoms with Gasteiger partial charge in [-0.1, -0.05) is 0 Å². The van der Waals surface area contributed by atoms with E-state index in [0.717, 1.165) is 24.1 Å². The maximum atomic E-state index is 12.7. The summed E-state index contributed by atoms with van der Waals surface area (Å²) in [5.41, 5.74) is 2.15. The minimum atomic E-state index is -1.02. The number of hydrogen-bond acceptors (Lipinski definition) is 4. The lowest BCUT2D eigenvalue weighted by atomic mass is 10.0. The number of rotatable bonds is 7. The molecule has 24 heavy (non-hydrogen) atoms. The molecule has 1 atom stereocenters. The van der Waals surface area contributed by atoms with Gasteiger partial charge in [-0.2, -0.15) is 0 Å². The van der Waals surface area contributed by atoms with Crippen molar-refractivity contribution in [2.45, 2.75) is 27.2 Å². The third kappa shape index (κ3) is 4.47. The number of benzene rings is 1. The number of nitrogens with zero attached hydrogens (tertiary/aromatic N) is 1. The summed E-state index contributed by atoms with van der Waals surface area (Å²) >= 11 is 0.